The molecule has 1 N–H and O–H groups in total. The minimum atomic E-state index is -1.09. The van der Waals surface area contributed by atoms with E-state index in [1.165, 1.54) is 7.05 Å². The van der Waals surface area contributed by atoms with Crippen molar-refractivity contribution in [3.63, 3.8) is 0 Å². The minimum absolute atomic E-state index is 0.161. The average molecular weight is 405 g/mol. The Kier molecular flexibility index (Phi) is 6.40. The fraction of sp³-hybridized carbons (Fsp3) is 0.619. The molecular weight excluding hydrogens is 373 g/mol. The number of amides is 1. The molecule has 1 amide bonds. The van der Waals surface area contributed by atoms with Crippen LogP contribution in [0.5, 0.6) is 0 Å². The van der Waals surface area contributed by atoms with Gasteiger partial charge in [-0.25, -0.2) is 9.59 Å². The molecular formula is C21H32BNO6. The Labute approximate surface area is 173 Å². The Morgan fingerprint density at radius 2 is 1.59 bits per heavy atom. The van der Waals surface area contributed by atoms with Gasteiger partial charge in [0.05, 0.1) is 11.2 Å². The number of hydrogen-bond acceptors (Lipinski definition) is 5. The van der Waals surface area contributed by atoms with Gasteiger partial charge in [-0.1, -0.05) is 24.3 Å². The molecule has 1 aromatic rings. The molecule has 1 unspecified atom stereocenters. The predicted octanol–water partition coefficient (Wildman–Crippen LogP) is 2.85. The first-order chi connectivity index (χ1) is 13.1. The number of aliphatic carboxylic acids is 1. The highest BCUT2D eigenvalue weighted by molar-refractivity contribution is 6.62. The number of benzene rings is 1. The molecule has 7 nitrogen and oxygen atoms in total. The summed E-state index contributed by atoms with van der Waals surface area (Å²) in [4.78, 5) is 25.1. The highest BCUT2D eigenvalue weighted by atomic mass is 16.7. The Balaban J connectivity index is 2.10. The summed E-state index contributed by atoms with van der Waals surface area (Å²) in [6.45, 7) is 13.2. The van der Waals surface area contributed by atoms with Gasteiger partial charge in [0.2, 0.25) is 0 Å². The maximum atomic E-state index is 12.3. The minimum Gasteiger partial charge on any atom is -0.480 e. The molecule has 29 heavy (non-hydrogen) atoms. The maximum absolute atomic E-state index is 12.3. The van der Waals surface area contributed by atoms with Crippen LogP contribution < -0.4 is 5.46 Å². The molecule has 1 fully saturated rings. The summed E-state index contributed by atoms with van der Waals surface area (Å²) in [5.74, 6) is -1.09. The second-order valence-electron chi connectivity index (χ2n) is 9.48. The zero-order chi connectivity index (χ0) is 22.2. The third kappa shape index (κ3) is 5.51. The van der Waals surface area contributed by atoms with E-state index in [9.17, 15) is 14.7 Å². The lowest BCUT2D eigenvalue weighted by atomic mass is 9.78. The van der Waals surface area contributed by atoms with Crippen molar-refractivity contribution in [3.8, 4) is 0 Å². The third-order valence-electron chi connectivity index (χ3n) is 5.37. The van der Waals surface area contributed by atoms with Gasteiger partial charge in [-0.15, -0.1) is 0 Å². The largest absolute Gasteiger partial charge is 0.494 e. The van der Waals surface area contributed by atoms with Gasteiger partial charge in [0.15, 0.2) is 0 Å². The van der Waals surface area contributed by atoms with E-state index in [2.05, 4.69) is 0 Å². The normalized spacial score (nSPS) is 19.0. The Hall–Kier alpha value is -2.06. The van der Waals surface area contributed by atoms with Crippen LogP contribution in [0.3, 0.4) is 0 Å². The van der Waals surface area contributed by atoms with Gasteiger partial charge in [0.25, 0.3) is 0 Å². The lowest BCUT2D eigenvalue weighted by Crippen LogP contribution is -2.46. The van der Waals surface area contributed by atoms with E-state index in [0.29, 0.717) is 0 Å². The van der Waals surface area contributed by atoms with E-state index in [1.807, 2.05) is 52.0 Å². The van der Waals surface area contributed by atoms with Crippen LogP contribution in [-0.2, 0) is 25.3 Å². The van der Waals surface area contributed by atoms with Crippen molar-refractivity contribution < 1.29 is 28.7 Å². The van der Waals surface area contributed by atoms with Gasteiger partial charge in [0.1, 0.15) is 11.6 Å². The van der Waals surface area contributed by atoms with Crippen molar-refractivity contribution >= 4 is 24.6 Å². The van der Waals surface area contributed by atoms with Crippen molar-refractivity contribution in [2.75, 3.05) is 7.05 Å². The van der Waals surface area contributed by atoms with Gasteiger partial charge in [-0.05, 0) is 59.5 Å². The molecule has 1 aliphatic heterocycles. The molecule has 0 aromatic heterocycles. The Morgan fingerprint density at radius 1 is 1.10 bits per heavy atom. The van der Waals surface area contributed by atoms with E-state index in [4.69, 9.17) is 14.0 Å². The first kappa shape index (κ1) is 23.2. The number of carbonyl (C=O) groups is 2. The predicted molar refractivity (Wildman–Crippen MR) is 111 cm³/mol. The van der Waals surface area contributed by atoms with Crippen LogP contribution in [0, 0.1) is 0 Å². The summed E-state index contributed by atoms with van der Waals surface area (Å²) in [5.41, 5.74) is 0.0912. The molecule has 0 bridgehead atoms. The van der Waals surface area contributed by atoms with E-state index in [0.717, 1.165) is 15.9 Å². The van der Waals surface area contributed by atoms with E-state index < -0.39 is 42.0 Å². The zero-order valence-corrected chi connectivity index (χ0v) is 18.6. The quantitative estimate of drug-likeness (QED) is 0.759. The van der Waals surface area contributed by atoms with Crippen LogP contribution >= 0.6 is 0 Å². The smallest absolute Gasteiger partial charge is 0.480 e. The number of ether oxygens (including phenoxy) is 1. The molecule has 0 spiro atoms. The molecule has 1 aliphatic rings. The first-order valence-corrected chi connectivity index (χ1v) is 9.76. The maximum Gasteiger partial charge on any atom is 0.494 e. The number of carboxylic acid groups (broad SMARTS) is 1. The fourth-order valence-electron chi connectivity index (χ4n) is 2.86. The van der Waals surface area contributed by atoms with Crippen LogP contribution in [-0.4, -0.2) is 59.1 Å². The van der Waals surface area contributed by atoms with Gasteiger partial charge in [0, 0.05) is 13.5 Å². The molecule has 2 rings (SSSR count). The van der Waals surface area contributed by atoms with Crippen molar-refractivity contribution in [2.45, 2.75) is 77.7 Å². The SMILES string of the molecule is CN(C(=O)OC(C)(C)C)C(Cc1ccc(B2OC(C)(C)C(C)(C)O2)cc1)C(=O)O. The molecule has 0 saturated carbocycles. The third-order valence-corrected chi connectivity index (χ3v) is 5.37. The summed E-state index contributed by atoms with van der Waals surface area (Å²) in [6.07, 6.45) is -0.506. The number of rotatable bonds is 5. The van der Waals surface area contributed by atoms with Gasteiger partial charge in [-0.3, -0.25) is 4.90 Å². The van der Waals surface area contributed by atoms with E-state index in [-0.39, 0.29) is 6.42 Å². The van der Waals surface area contributed by atoms with Crippen LogP contribution in [0.1, 0.15) is 54.0 Å². The summed E-state index contributed by atoms with van der Waals surface area (Å²) in [5, 5.41) is 9.61. The van der Waals surface area contributed by atoms with Crippen molar-refractivity contribution in [2.24, 2.45) is 0 Å². The van der Waals surface area contributed by atoms with Crippen molar-refractivity contribution in [1.82, 2.24) is 4.90 Å². The summed E-state index contributed by atoms with van der Waals surface area (Å²) in [7, 11) is 0.958. The van der Waals surface area contributed by atoms with Crippen molar-refractivity contribution in [3.05, 3.63) is 29.8 Å². The molecule has 1 heterocycles. The molecule has 1 saturated heterocycles. The van der Waals surface area contributed by atoms with E-state index in [1.54, 1.807) is 20.8 Å². The second-order valence-corrected chi connectivity index (χ2v) is 9.48. The van der Waals surface area contributed by atoms with Crippen LogP contribution in [0.2, 0.25) is 0 Å². The number of carbonyl (C=O) groups excluding carboxylic acids is 1. The number of carboxylic acids is 1. The second kappa shape index (κ2) is 7.99. The molecule has 8 heteroatoms. The summed E-state index contributed by atoms with van der Waals surface area (Å²) in [6, 6.07) is 6.36. The lowest BCUT2D eigenvalue weighted by molar-refractivity contribution is -0.142. The van der Waals surface area contributed by atoms with Crippen LogP contribution in [0.15, 0.2) is 24.3 Å². The van der Waals surface area contributed by atoms with Gasteiger partial charge in [-0.2, -0.15) is 0 Å². The Morgan fingerprint density at radius 3 is 2.00 bits per heavy atom. The fourth-order valence-corrected chi connectivity index (χ4v) is 2.86. The van der Waals surface area contributed by atoms with Gasteiger partial charge >= 0.3 is 19.2 Å². The molecule has 0 aliphatic carbocycles. The van der Waals surface area contributed by atoms with Crippen LogP contribution in [0.25, 0.3) is 0 Å². The van der Waals surface area contributed by atoms with Crippen molar-refractivity contribution in [1.29, 1.82) is 0 Å². The van der Waals surface area contributed by atoms with E-state index >= 15 is 0 Å². The lowest BCUT2D eigenvalue weighted by Gasteiger charge is -2.32. The first-order valence-electron chi connectivity index (χ1n) is 9.76. The van der Waals surface area contributed by atoms with Gasteiger partial charge < -0.3 is 19.2 Å². The average Bonchev–Trinajstić information content (AvgIpc) is 2.78. The number of likely N-dealkylation sites (N-methyl/N-ethyl adjacent to an activating group) is 1. The highest BCUT2D eigenvalue weighted by Crippen LogP contribution is 2.36. The number of nitrogens with zero attached hydrogens (tertiary/aromatic N) is 1. The highest BCUT2D eigenvalue weighted by Gasteiger charge is 2.51. The topological polar surface area (TPSA) is 85.3 Å². The Bertz CT molecular complexity index is 737. The molecule has 0 radical (unpaired) electrons. The molecule has 1 aromatic carbocycles. The standard InChI is InChI=1S/C21H32BNO6/c1-19(2,3)27-18(26)23(8)16(17(24)25)13-14-9-11-15(12-10-14)22-28-20(4,5)21(6,7)29-22/h9-12,16H,13H2,1-8H3,(H,24,25). The molecule has 160 valence electrons. The zero-order valence-electron chi connectivity index (χ0n) is 18.6. The molecule has 1 atom stereocenters. The van der Waals surface area contributed by atoms with Crippen LogP contribution in [0.4, 0.5) is 4.79 Å². The summed E-state index contributed by atoms with van der Waals surface area (Å²) < 4.78 is 17.4. The summed E-state index contributed by atoms with van der Waals surface area (Å²) >= 11 is 0. The number of hydrogen-bond donors (Lipinski definition) is 1. The monoisotopic (exact) mass is 405 g/mol.